The first kappa shape index (κ1) is 19.6. The number of carbonyl (C=O) groups excluding carboxylic acids is 1. The summed E-state index contributed by atoms with van der Waals surface area (Å²) in [5, 5.41) is 0. The van der Waals surface area contributed by atoms with E-state index < -0.39 is 5.41 Å². The molecular formula is C23H31N3O. The summed E-state index contributed by atoms with van der Waals surface area (Å²) in [6.07, 6.45) is 4.22. The van der Waals surface area contributed by atoms with Crippen molar-refractivity contribution < 1.29 is 4.79 Å². The molecule has 4 heteroatoms. The number of unbranched alkanes of at least 4 members (excludes halogenated alkanes) is 1. The summed E-state index contributed by atoms with van der Waals surface area (Å²) >= 11 is 0. The van der Waals surface area contributed by atoms with Crippen molar-refractivity contribution in [2.24, 2.45) is 17.4 Å². The van der Waals surface area contributed by atoms with E-state index in [1.165, 1.54) is 0 Å². The second kappa shape index (κ2) is 8.68. The van der Waals surface area contributed by atoms with Crippen LogP contribution < -0.4 is 11.5 Å². The minimum absolute atomic E-state index is 0.0482. The summed E-state index contributed by atoms with van der Waals surface area (Å²) in [5.41, 5.74) is 13.7. The average Bonchev–Trinajstić information content (AvgIpc) is 3.18. The van der Waals surface area contributed by atoms with Crippen LogP contribution in [0.3, 0.4) is 0 Å². The Morgan fingerprint density at radius 3 is 2.15 bits per heavy atom. The maximum atomic E-state index is 13.0. The van der Waals surface area contributed by atoms with Crippen LogP contribution in [-0.2, 0) is 10.2 Å². The lowest BCUT2D eigenvalue weighted by Gasteiger charge is -2.38. The van der Waals surface area contributed by atoms with Gasteiger partial charge < -0.3 is 11.5 Å². The van der Waals surface area contributed by atoms with E-state index in [1.54, 1.807) is 0 Å². The van der Waals surface area contributed by atoms with Crippen molar-refractivity contribution in [3.8, 4) is 0 Å². The first-order chi connectivity index (χ1) is 13.1. The smallest absolute Gasteiger partial charge is 0.232 e. The van der Waals surface area contributed by atoms with E-state index in [-0.39, 0.29) is 18.0 Å². The fourth-order valence-corrected chi connectivity index (χ4v) is 4.56. The molecule has 0 aromatic heterocycles. The number of likely N-dealkylation sites (tertiary alicyclic amines) is 1. The van der Waals surface area contributed by atoms with Crippen molar-refractivity contribution in [1.82, 2.24) is 4.90 Å². The summed E-state index contributed by atoms with van der Waals surface area (Å²) in [6, 6.07) is 20.0. The summed E-state index contributed by atoms with van der Waals surface area (Å²) in [6.45, 7) is 3.88. The third-order valence-corrected chi connectivity index (χ3v) is 6.00. The van der Waals surface area contributed by atoms with Crippen molar-refractivity contribution in [3.05, 3.63) is 71.8 Å². The molecule has 2 aromatic rings. The van der Waals surface area contributed by atoms with Crippen LogP contribution in [0.1, 0.15) is 43.7 Å². The number of rotatable bonds is 8. The highest BCUT2D eigenvalue weighted by atomic mass is 16.1. The van der Waals surface area contributed by atoms with Gasteiger partial charge in [-0.1, -0.05) is 80.4 Å². The summed E-state index contributed by atoms with van der Waals surface area (Å²) in [5.74, 6) is -0.179. The molecule has 2 atom stereocenters. The largest absolute Gasteiger partial charge is 0.369 e. The zero-order chi connectivity index (χ0) is 19.3. The Hall–Kier alpha value is -2.17. The third kappa shape index (κ3) is 3.78. The number of hydrogen-bond acceptors (Lipinski definition) is 3. The molecule has 1 amide bonds. The fraction of sp³-hybridized carbons (Fsp3) is 0.435. The first-order valence-electron chi connectivity index (χ1n) is 10.0. The molecule has 4 nitrogen and oxygen atoms in total. The second-order valence-electron chi connectivity index (χ2n) is 7.59. The van der Waals surface area contributed by atoms with Crippen LogP contribution in [-0.4, -0.2) is 30.1 Å². The summed E-state index contributed by atoms with van der Waals surface area (Å²) < 4.78 is 0. The lowest BCUT2D eigenvalue weighted by Crippen LogP contribution is -2.50. The molecule has 1 aliphatic rings. The SMILES string of the molecule is CCCC[C@@H](N)N1CC[C@@H](C(C(N)=O)(c2ccccc2)c2ccccc2)C1. The normalized spacial score (nSPS) is 19.1. The molecule has 0 bridgehead atoms. The van der Waals surface area contributed by atoms with Gasteiger partial charge in [0, 0.05) is 6.54 Å². The number of hydrogen-bond donors (Lipinski definition) is 2. The van der Waals surface area contributed by atoms with Crippen molar-refractivity contribution in [2.75, 3.05) is 13.1 Å². The number of nitrogens with two attached hydrogens (primary N) is 2. The fourth-order valence-electron chi connectivity index (χ4n) is 4.56. The topological polar surface area (TPSA) is 72.3 Å². The van der Waals surface area contributed by atoms with Crippen molar-refractivity contribution in [3.63, 3.8) is 0 Å². The molecule has 3 rings (SSSR count). The molecule has 0 aliphatic carbocycles. The van der Waals surface area contributed by atoms with Crippen LogP contribution in [0.4, 0.5) is 0 Å². The number of nitrogens with zero attached hydrogens (tertiary/aromatic N) is 1. The Kier molecular flexibility index (Phi) is 6.30. The molecule has 4 N–H and O–H groups in total. The van der Waals surface area contributed by atoms with Gasteiger partial charge in [0.15, 0.2) is 0 Å². The number of amides is 1. The lowest BCUT2D eigenvalue weighted by atomic mass is 9.64. The molecule has 1 saturated heterocycles. The van der Waals surface area contributed by atoms with Crippen LogP contribution in [0.25, 0.3) is 0 Å². The molecule has 1 heterocycles. The molecule has 27 heavy (non-hydrogen) atoms. The van der Waals surface area contributed by atoms with Gasteiger partial charge in [-0.3, -0.25) is 9.69 Å². The van der Waals surface area contributed by atoms with Gasteiger partial charge in [-0.05, 0) is 36.4 Å². The summed E-state index contributed by atoms with van der Waals surface area (Å²) in [7, 11) is 0. The van der Waals surface area contributed by atoms with Gasteiger partial charge in [-0.2, -0.15) is 0 Å². The van der Waals surface area contributed by atoms with Gasteiger partial charge in [0.1, 0.15) is 5.41 Å². The van der Waals surface area contributed by atoms with E-state index >= 15 is 0 Å². The zero-order valence-electron chi connectivity index (χ0n) is 16.2. The van der Waals surface area contributed by atoms with Crippen molar-refractivity contribution in [2.45, 2.75) is 44.2 Å². The van der Waals surface area contributed by atoms with Crippen molar-refractivity contribution in [1.29, 1.82) is 0 Å². The van der Waals surface area contributed by atoms with E-state index in [2.05, 4.69) is 11.8 Å². The van der Waals surface area contributed by atoms with Crippen LogP contribution in [0.5, 0.6) is 0 Å². The van der Waals surface area contributed by atoms with Gasteiger partial charge in [0.2, 0.25) is 5.91 Å². The molecule has 2 aromatic carbocycles. The standard InChI is InChI=1S/C23H31N3O/c1-2-3-14-21(24)26-16-15-20(17-26)23(22(25)27,18-10-6-4-7-11-18)19-12-8-5-9-13-19/h4-13,20-21H,2-3,14-17,24H2,1H3,(H2,25,27)/t20-,21+/m1/s1. The molecule has 144 valence electrons. The summed E-state index contributed by atoms with van der Waals surface area (Å²) in [4.78, 5) is 15.4. The maximum absolute atomic E-state index is 13.0. The number of benzene rings is 2. The van der Waals surface area contributed by atoms with E-state index in [0.29, 0.717) is 0 Å². The van der Waals surface area contributed by atoms with E-state index in [0.717, 1.165) is 49.9 Å². The van der Waals surface area contributed by atoms with E-state index in [9.17, 15) is 4.79 Å². The van der Waals surface area contributed by atoms with Gasteiger partial charge in [-0.25, -0.2) is 0 Å². The predicted molar refractivity (Wildman–Crippen MR) is 110 cm³/mol. The van der Waals surface area contributed by atoms with Gasteiger partial charge in [-0.15, -0.1) is 0 Å². The monoisotopic (exact) mass is 365 g/mol. The lowest BCUT2D eigenvalue weighted by molar-refractivity contribution is -0.123. The second-order valence-corrected chi connectivity index (χ2v) is 7.59. The quantitative estimate of drug-likeness (QED) is 0.754. The Bertz CT molecular complexity index is 692. The number of primary amides is 1. The third-order valence-electron chi connectivity index (χ3n) is 6.00. The Morgan fingerprint density at radius 1 is 1.11 bits per heavy atom. The predicted octanol–water partition coefficient (Wildman–Crippen LogP) is 3.25. The maximum Gasteiger partial charge on any atom is 0.232 e. The molecule has 0 saturated carbocycles. The van der Waals surface area contributed by atoms with Crippen LogP contribution in [0.2, 0.25) is 0 Å². The molecule has 1 fully saturated rings. The van der Waals surface area contributed by atoms with E-state index in [4.69, 9.17) is 11.5 Å². The molecule has 0 unspecified atom stereocenters. The Morgan fingerprint density at radius 2 is 1.67 bits per heavy atom. The van der Waals surface area contributed by atoms with Crippen molar-refractivity contribution >= 4 is 5.91 Å². The Labute approximate surface area is 162 Å². The molecular weight excluding hydrogens is 334 g/mol. The van der Waals surface area contributed by atoms with Gasteiger partial charge in [0.05, 0.1) is 6.17 Å². The van der Waals surface area contributed by atoms with Gasteiger partial charge >= 0.3 is 0 Å². The van der Waals surface area contributed by atoms with Crippen LogP contribution in [0.15, 0.2) is 60.7 Å². The Balaban J connectivity index is 2.00. The van der Waals surface area contributed by atoms with Crippen LogP contribution >= 0.6 is 0 Å². The van der Waals surface area contributed by atoms with E-state index in [1.807, 2.05) is 60.7 Å². The highest BCUT2D eigenvalue weighted by molar-refractivity contribution is 5.91. The average molecular weight is 366 g/mol. The highest BCUT2D eigenvalue weighted by Crippen LogP contribution is 2.43. The van der Waals surface area contributed by atoms with Gasteiger partial charge in [0.25, 0.3) is 0 Å². The molecule has 1 aliphatic heterocycles. The zero-order valence-corrected chi connectivity index (χ0v) is 16.2. The van der Waals surface area contributed by atoms with Crippen LogP contribution in [0, 0.1) is 5.92 Å². The number of carbonyl (C=O) groups is 1. The minimum Gasteiger partial charge on any atom is -0.369 e. The molecule has 0 spiro atoms. The highest BCUT2D eigenvalue weighted by Gasteiger charge is 2.49. The first-order valence-corrected chi connectivity index (χ1v) is 10.0. The molecule has 0 radical (unpaired) electrons. The minimum atomic E-state index is -0.832.